The molecule has 0 aliphatic carbocycles. The summed E-state index contributed by atoms with van der Waals surface area (Å²) in [7, 11) is 6.60. The molecular weight excluding hydrogens is 416 g/mol. The van der Waals surface area contributed by atoms with E-state index in [9.17, 15) is 0 Å². The lowest BCUT2D eigenvalue weighted by Crippen LogP contribution is -2.19. The molecule has 3 aromatic rings. The minimum Gasteiger partial charge on any atom is -0.493 e. The van der Waals surface area contributed by atoms with Crippen LogP contribution in [-0.4, -0.2) is 34.2 Å². The number of allylic oxidation sites excluding steroid dienone is 1. The van der Waals surface area contributed by atoms with E-state index in [-0.39, 0.29) is 6.04 Å². The summed E-state index contributed by atoms with van der Waals surface area (Å²) in [5.74, 6) is 2.81. The first kappa shape index (κ1) is 22.3. The van der Waals surface area contributed by atoms with E-state index in [0.717, 1.165) is 28.3 Å². The second kappa shape index (κ2) is 10.1. The number of hydrogen-bond donors (Lipinski definition) is 0. The van der Waals surface area contributed by atoms with E-state index >= 15 is 0 Å². The minimum absolute atomic E-state index is 0.0377. The summed E-state index contributed by atoms with van der Waals surface area (Å²) < 4.78 is 22.3. The molecule has 0 radical (unpaired) electrons. The molecule has 1 heterocycles. The Balaban J connectivity index is 1.72. The molecule has 0 saturated carbocycles. The van der Waals surface area contributed by atoms with E-state index in [2.05, 4.69) is 18.2 Å². The van der Waals surface area contributed by atoms with Gasteiger partial charge in [-0.25, -0.2) is 0 Å². The zero-order valence-electron chi connectivity index (χ0n) is 19.3. The van der Waals surface area contributed by atoms with Gasteiger partial charge in [0.25, 0.3) is 0 Å². The van der Waals surface area contributed by atoms with E-state index in [1.54, 1.807) is 28.4 Å². The Morgan fingerprint density at radius 1 is 0.727 bits per heavy atom. The number of nitrogens with zero attached hydrogens (tertiary/aromatic N) is 2. The zero-order valence-corrected chi connectivity index (χ0v) is 19.3. The molecule has 0 spiro atoms. The number of anilines is 1. The van der Waals surface area contributed by atoms with E-state index in [0.29, 0.717) is 23.7 Å². The van der Waals surface area contributed by atoms with Crippen molar-refractivity contribution in [2.75, 3.05) is 33.4 Å². The molecular formula is C27H28N2O4. The lowest BCUT2D eigenvalue weighted by molar-refractivity contribution is 0.349. The number of para-hydroxylation sites is 3. The van der Waals surface area contributed by atoms with Gasteiger partial charge in [0.05, 0.1) is 45.9 Å². The Morgan fingerprint density at radius 2 is 1.39 bits per heavy atom. The second-order valence-electron chi connectivity index (χ2n) is 7.49. The van der Waals surface area contributed by atoms with Gasteiger partial charge in [0.1, 0.15) is 0 Å². The summed E-state index contributed by atoms with van der Waals surface area (Å²) in [4.78, 5) is 0. The van der Waals surface area contributed by atoms with Gasteiger partial charge in [-0.1, -0.05) is 42.5 Å². The number of hydrogen-bond acceptors (Lipinski definition) is 6. The van der Waals surface area contributed by atoms with Crippen LogP contribution in [0.3, 0.4) is 0 Å². The molecule has 170 valence electrons. The van der Waals surface area contributed by atoms with Crippen LogP contribution in [0.1, 0.15) is 23.6 Å². The fourth-order valence-electron chi connectivity index (χ4n) is 4.10. The van der Waals surface area contributed by atoms with Crippen molar-refractivity contribution in [1.82, 2.24) is 0 Å². The molecule has 1 aliphatic rings. The van der Waals surface area contributed by atoms with Crippen molar-refractivity contribution in [2.45, 2.75) is 12.5 Å². The van der Waals surface area contributed by atoms with Crippen molar-refractivity contribution < 1.29 is 18.9 Å². The van der Waals surface area contributed by atoms with Gasteiger partial charge in [0, 0.05) is 17.5 Å². The van der Waals surface area contributed by atoms with Crippen LogP contribution >= 0.6 is 0 Å². The number of ether oxygens (including phenoxy) is 4. The summed E-state index contributed by atoms with van der Waals surface area (Å²) in [5, 5.41) is 7.00. The second-order valence-corrected chi connectivity index (χ2v) is 7.49. The maximum Gasteiger partial charge on any atom is 0.167 e. The van der Waals surface area contributed by atoms with Gasteiger partial charge in [-0.3, -0.25) is 5.01 Å². The van der Waals surface area contributed by atoms with Crippen molar-refractivity contribution in [3.63, 3.8) is 0 Å². The number of methoxy groups -OCH3 is 4. The molecule has 0 saturated heterocycles. The van der Waals surface area contributed by atoms with Crippen molar-refractivity contribution in [3.05, 3.63) is 83.9 Å². The quantitative estimate of drug-likeness (QED) is 0.443. The molecule has 33 heavy (non-hydrogen) atoms. The summed E-state index contributed by atoms with van der Waals surface area (Å²) >= 11 is 0. The first-order valence-corrected chi connectivity index (χ1v) is 10.7. The average Bonchev–Trinajstić information content (AvgIpc) is 3.31. The van der Waals surface area contributed by atoms with Crippen LogP contribution in [0.25, 0.3) is 6.08 Å². The van der Waals surface area contributed by atoms with Crippen LogP contribution in [-0.2, 0) is 0 Å². The van der Waals surface area contributed by atoms with Crippen molar-refractivity contribution >= 4 is 17.5 Å². The Hall–Kier alpha value is -3.93. The Labute approximate surface area is 194 Å². The maximum atomic E-state index is 5.73. The molecule has 6 nitrogen and oxygen atoms in total. The first-order chi connectivity index (χ1) is 16.2. The van der Waals surface area contributed by atoms with E-state index in [4.69, 9.17) is 24.0 Å². The van der Waals surface area contributed by atoms with E-state index < -0.39 is 0 Å². The van der Waals surface area contributed by atoms with Crippen molar-refractivity contribution in [2.24, 2.45) is 5.10 Å². The predicted molar refractivity (Wildman–Crippen MR) is 132 cm³/mol. The highest BCUT2D eigenvalue weighted by atomic mass is 16.5. The molecule has 1 atom stereocenters. The largest absolute Gasteiger partial charge is 0.493 e. The summed E-state index contributed by atoms with van der Waals surface area (Å²) in [5.41, 5.74) is 3.90. The Bertz CT molecular complexity index is 1160. The van der Waals surface area contributed by atoms with Crippen LogP contribution in [0.2, 0.25) is 0 Å². The van der Waals surface area contributed by atoms with Crippen LogP contribution in [0.15, 0.2) is 77.9 Å². The normalized spacial score (nSPS) is 15.5. The third kappa shape index (κ3) is 4.51. The number of benzene rings is 3. The highest BCUT2D eigenvalue weighted by Crippen LogP contribution is 2.43. The van der Waals surface area contributed by atoms with Crippen molar-refractivity contribution in [3.8, 4) is 23.0 Å². The molecule has 0 bridgehead atoms. The van der Waals surface area contributed by atoms with Gasteiger partial charge in [0.2, 0.25) is 0 Å². The van der Waals surface area contributed by atoms with Gasteiger partial charge in [0.15, 0.2) is 23.0 Å². The minimum atomic E-state index is -0.0377. The van der Waals surface area contributed by atoms with Gasteiger partial charge in [-0.05, 0) is 36.4 Å². The highest BCUT2D eigenvalue weighted by Gasteiger charge is 2.31. The third-order valence-corrected chi connectivity index (χ3v) is 5.64. The molecule has 0 aromatic heterocycles. The lowest BCUT2D eigenvalue weighted by atomic mass is 9.99. The van der Waals surface area contributed by atoms with Crippen LogP contribution in [0, 0.1) is 0 Å². The molecule has 6 heteroatoms. The fourth-order valence-corrected chi connectivity index (χ4v) is 4.10. The summed E-state index contributed by atoms with van der Waals surface area (Å²) in [6.07, 6.45) is 4.75. The zero-order chi connectivity index (χ0) is 23.2. The van der Waals surface area contributed by atoms with Gasteiger partial charge >= 0.3 is 0 Å². The van der Waals surface area contributed by atoms with Crippen LogP contribution in [0.4, 0.5) is 5.69 Å². The first-order valence-electron chi connectivity index (χ1n) is 10.7. The molecule has 0 amide bonds. The standard InChI is InChI=1S/C27H28N2O4/c1-30-24-14-8-10-19(26(24)32-3)16-17-20-18-23(29(28-20)21-11-6-5-7-12-21)22-13-9-15-25(31-2)27(22)33-4/h5-17,23H,18H2,1-4H3. The molecule has 1 unspecified atom stereocenters. The molecule has 0 fully saturated rings. The Kier molecular flexibility index (Phi) is 6.83. The highest BCUT2D eigenvalue weighted by molar-refractivity contribution is 6.01. The molecule has 3 aromatic carbocycles. The fraction of sp³-hybridized carbons (Fsp3) is 0.222. The molecule has 4 rings (SSSR count). The van der Waals surface area contributed by atoms with Crippen molar-refractivity contribution in [1.29, 1.82) is 0 Å². The molecule has 1 aliphatic heterocycles. The topological polar surface area (TPSA) is 52.5 Å². The number of hydrazone groups is 1. The smallest absolute Gasteiger partial charge is 0.167 e. The Morgan fingerprint density at radius 3 is 2.06 bits per heavy atom. The predicted octanol–water partition coefficient (Wildman–Crippen LogP) is 5.74. The van der Waals surface area contributed by atoms with Gasteiger partial charge < -0.3 is 18.9 Å². The maximum absolute atomic E-state index is 5.73. The van der Waals surface area contributed by atoms with Gasteiger partial charge in [-0.15, -0.1) is 0 Å². The van der Waals surface area contributed by atoms with Gasteiger partial charge in [-0.2, -0.15) is 5.10 Å². The van der Waals surface area contributed by atoms with Crippen LogP contribution < -0.4 is 24.0 Å². The van der Waals surface area contributed by atoms with Crippen LogP contribution in [0.5, 0.6) is 23.0 Å². The molecule has 0 N–H and O–H groups in total. The SMILES string of the molecule is COc1cccc(C=CC2=NN(c3ccccc3)C(c3cccc(OC)c3OC)C2)c1OC. The van der Waals surface area contributed by atoms with E-state index in [1.165, 1.54) is 0 Å². The number of rotatable bonds is 8. The summed E-state index contributed by atoms with van der Waals surface area (Å²) in [6.45, 7) is 0. The van der Waals surface area contributed by atoms with E-state index in [1.807, 2.05) is 65.7 Å². The average molecular weight is 445 g/mol. The third-order valence-electron chi connectivity index (χ3n) is 5.64. The summed E-state index contributed by atoms with van der Waals surface area (Å²) in [6, 6.07) is 21.9. The monoisotopic (exact) mass is 444 g/mol. The lowest BCUT2D eigenvalue weighted by Gasteiger charge is -2.26.